The number of nitrogen functional groups attached to an aromatic ring is 1. The molecule has 0 saturated carbocycles. The lowest BCUT2D eigenvalue weighted by atomic mass is 10.3. The van der Waals surface area contributed by atoms with Crippen LogP contribution in [0.25, 0.3) is 11.5 Å². The summed E-state index contributed by atoms with van der Waals surface area (Å²) in [5.74, 6) is 1.62. The monoisotopic (exact) mass is 286 g/mol. The molecule has 0 aliphatic carbocycles. The van der Waals surface area contributed by atoms with Crippen molar-refractivity contribution in [3.05, 3.63) is 53.0 Å². The Balaban J connectivity index is 1.55. The summed E-state index contributed by atoms with van der Waals surface area (Å²) in [6.45, 7) is 0.592. The maximum Gasteiger partial charge on any atom is 0.153 e. The van der Waals surface area contributed by atoms with Gasteiger partial charge in [-0.05, 0) is 36.4 Å². The van der Waals surface area contributed by atoms with E-state index in [1.54, 1.807) is 17.6 Å². The molecule has 2 heterocycles. The van der Waals surface area contributed by atoms with Crippen LogP contribution in [0, 0.1) is 0 Å². The Kier molecular flexibility index (Phi) is 3.69. The van der Waals surface area contributed by atoms with Gasteiger partial charge in [0, 0.05) is 17.5 Å². The van der Waals surface area contributed by atoms with Crippen LogP contribution in [-0.4, -0.2) is 11.6 Å². The normalized spacial score (nSPS) is 10.6. The van der Waals surface area contributed by atoms with E-state index in [1.165, 1.54) is 0 Å². The van der Waals surface area contributed by atoms with Crippen LogP contribution in [0.4, 0.5) is 5.69 Å². The van der Waals surface area contributed by atoms with Gasteiger partial charge in [-0.25, -0.2) is 4.98 Å². The molecule has 0 amide bonds. The van der Waals surface area contributed by atoms with Gasteiger partial charge in [0.15, 0.2) is 5.76 Å². The second kappa shape index (κ2) is 5.79. The molecule has 0 atom stereocenters. The fraction of sp³-hybridized carbons (Fsp3) is 0.133. The second-order valence-electron chi connectivity index (χ2n) is 4.27. The van der Waals surface area contributed by atoms with Crippen LogP contribution >= 0.6 is 11.3 Å². The molecule has 0 fully saturated rings. The molecule has 2 N–H and O–H groups in total. The van der Waals surface area contributed by atoms with Crippen molar-refractivity contribution in [2.45, 2.75) is 6.42 Å². The van der Waals surface area contributed by atoms with Crippen molar-refractivity contribution >= 4 is 17.0 Å². The molecule has 1 aromatic carbocycles. The number of benzene rings is 1. The minimum absolute atomic E-state index is 0.592. The van der Waals surface area contributed by atoms with Crippen molar-refractivity contribution in [2.75, 3.05) is 12.3 Å². The molecule has 2 aromatic heterocycles. The zero-order chi connectivity index (χ0) is 13.8. The smallest absolute Gasteiger partial charge is 0.153 e. The summed E-state index contributed by atoms with van der Waals surface area (Å²) in [5, 5.41) is 3.03. The highest BCUT2D eigenvalue weighted by atomic mass is 32.1. The average Bonchev–Trinajstić information content (AvgIpc) is 3.11. The number of nitrogens with zero attached hydrogens (tertiary/aromatic N) is 1. The third-order valence-corrected chi connectivity index (χ3v) is 3.70. The standard InChI is InChI=1S/C15H14N2O2S/c16-11-3-5-12(6-4-11)18-9-7-15-17-13(10-20-15)14-2-1-8-19-14/h1-6,8,10H,7,9,16H2. The van der Waals surface area contributed by atoms with Gasteiger partial charge in [0.2, 0.25) is 0 Å². The molecule has 3 aromatic rings. The lowest BCUT2D eigenvalue weighted by Gasteiger charge is -2.04. The van der Waals surface area contributed by atoms with E-state index in [9.17, 15) is 0 Å². The number of thiazole rings is 1. The van der Waals surface area contributed by atoms with Crippen molar-refractivity contribution in [1.82, 2.24) is 4.98 Å². The first-order valence-corrected chi connectivity index (χ1v) is 7.16. The average molecular weight is 286 g/mol. The third-order valence-electron chi connectivity index (χ3n) is 2.79. The van der Waals surface area contributed by atoms with Gasteiger partial charge in [0.25, 0.3) is 0 Å². The van der Waals surface area contributed by atoms with E-state index in [4.69, 9.17) is 14.9 Å². The maximum absolute atomic E-state index is 5.65. The van der Waals surface area contributed by atoms with Crippen molar-refractivity contribution in [2.24, 2.45) is 0 Å². The van der Waals surface area contributed by atoms with Crippen LogP contribution in [-0.2, 0) is 6.42 Å². The first-order chi connectivity index (χ1) is 9.81. The number of anilines is 1. The highest BCUT2D eigenvalue weighted by molar-refractivity contribution is 7.09. The van der Waals surface area contributed by atoms with Crippen LogP contribution < -0.4 is 10.5 Å². The van der Waals surface area contributed by atoms with E-state index in [-0.39, 0.29) is 0 Å². The summed E-state index contributed by atoms with van der Waals surface area (Å²) in [7, 11) is 0. The summed E-state index contributed by atoms with van der Waals surface area (Å²) in [6, 6.07) is 11.2. The van der Waals surface area contributed by atoms with Crippen molar-refractivity contribution in [3.63, 3.8) is 0 Å². The Hall–Kier alpha value is -2.27. The van der Waals surface area contributed by atoms with E-state index >= 15 is 0 Å². The fourth-order valence-corrected chi connectivity index (χ4v) is 2.55. The third kappa shape index (κ3) is 3.00. The molecular weight excluding hydrogens is 272 g/mol. The van der Waals surface area contributed by atoms with E-state index in [2.05, 4.69) is 4.98 Å². The SMILES string of the molecule is Nc1ccc(OCCc2nc(-c3ccco3)cs2)cc1. The zero-order valence-corrected chi connectivity index (χ0v) is 11.6. The summed E-state index contributed by atoms with van der Waals surface area (Å²) in [4.78, 5) is 4.52. The summed E-state index contributed by atoms with van der Waals surface area (Å²) < 4.78 is 11.0. The number of hydrogen-bond donors (Lipinski definition) is 1. The van der Waals surface area contributed by atoms with Crippen LogP contribution in [0.5, 0.6) is 5.75 Å². The molecule has 3 rings (SSSR count). The predicted octanol–water partition coefficient (Wildman–Crippen LogP) is 3.61. The molecule has 0 aliphatic rings. The van der Waals surface area contributed by atoms with Gasteiger partial charge < -0.3 is 14.9 Å². The molecule has 4 nitrogen and oxygen atoms in total. The van der Waals surface area contributed by atoms with Gasteiger partial charge in [-0.3, -0.25) is 0 Å². The lowest BCUT2D eigenvalue weighted by Crippen LogP contribution is -2.01. The van der Waals surface area contributed by atoms with E-state index in [0.29, 0.717) is 6.61 Å². The lowest BCUT2D eigenvalue weighted by molar-refractivity contribution is 0.322. The minimum atomic E-state index is 0.592. The number of hydrogen-bond acceptors (Lipinski definition) is 5. The quantitative estimate of drug-likeness (QED) is 0.728. The Morgan fingerprint density at radius 3 is 2.80 bits per heavy atom. The highest BCUT2D eigenvalue weighted by Crippen LogP contribution is 2.22. The number of aromatic nitrogens is 1. The van der Waals surface area contributed by atoms with E-state index in [0.717, 1.165) is 34.3 Å². The molecule has 0 saturated heterocycles. The van der Waals surface area contributed by atoms with Gasteiger partial charge in [-0.2, -0.15) is 0 Å². The van der Waals surface area contributed by atoms with E-state index < -0.39 is 0 Å². The van der Waals surface area contributed by atoms with Crippen LogP contribution in [0.2, 0.25) is 0 Å². The van der Waals surface area contributed by atoms with Gasteiger partial charge >= 0.3 is 0 Å². The maximum atomic E-state index is 5.65. The Bertz CT molecular complexity index is 660. The van der Waals surface area contributed by atoms with Gasteiger partial charge in [0.05, 0.1) is 17.9 Å². The Morgan fingerprint density at radius 1 is 1.20 bits per heavy atom. The number of ether oxygens (including phenoxy) is 1. The topological polar surface area (TPSA) is 61.3 Å². The molecular formula is C15H14N2O2S. The summed E-state index contributed by atoms with van der Waals surface area (Å²) in [6.07, 6.45) is 2.42. The van der Waals surface area contributed by atoms with Gasteiger partial charge in [-0.15, -0.1) is 11.3 Å². The number of rotatable bonds is 5. The first kappa shape index (κ1) is 12.7. The second-order valence-corrected chi connectivity index (χ2v) is 5.21. The molecule has 0 bridgehead atoms. The highest BCUT2D eigenvalue weighted by Gasteiger charge is 2.06. The van der Waals surface area contributed by atoms with Crippen molar-refractivity contribution < 1.29 is 9.15 Å². The minimum Gasteiger partial charge on any atom is -0.493 e. The van der Waals surface area contributed by atoms with E-state index in [1.807, 2.05) is 41.8 Å². The number of nitrogens with two attached hydrogens (primary N) is 1. The van der Waals surface area contributed by atoms with Crippen molar-refractivity contribution in [3.8, 4) is 17.2 Å². The largest absolute Gasteiger partial charge is 0.493 e. The van der Waals surface area contributed by atoms with Crippen molar-refractivity contribution in [1.29, 1.82) is 0 Å². The summed E-state index contributed by atoms with van der Waals surface area (Å²) >= 11 is 1.61. The molecule has 0 aliphatic heterocycles. The molecule has 0 spiro atoms. The van der Waals surface area contributed by atoms with Crippen LogP contribution in [0.3, 0.4) is 0 Å². The first-order valence-electron chi connectivity index (χ1n) is 6.28. The predicted molar refractivity (Wildman–Crippen MR) is 79.9 cm³/mol. The molecule has 102 valence electrons. The summed E-state index contributed by atoms with van der Waals surface area (Å²) in [5.41, 5.74) is 7.24. The molecule has 0 unspecified atom stereocenters. The Labute approximate surface area is 120 Å². The number of furan rings is 1. The molecule has 0 radical (unpaired) electrons. The van der Waals surface area contributed by atoms with Crippen LogP contribution in [0.1, 0.15) is 5.01 Å². The van der Waals surface area contributed by atoms with Gasteiger partial charge in [-0.1, -0.05) is 0 Å². The van der Waals surface area contributed by atoms with Gasteiger partial charge in [0.1, 0.15) is 11.4 Å². The molecule has 5 heteroatoms. The fourth-order valence-electron chi connectivity index (χ4n) is 1.78. The molecule has 20 heavy (non-hydrogen) atoms. The Morgan fingerprint density at radius 2 is 2.05 bits per heavy atom. The zero-order valence-electron chi connectivity index (χ0n) is 10.8. The van der Waals surface area contributed by atoms with Crippen LogP contribution in [0.15, 0.2) is 52.5 Å².